The van der Waals surface area contributed by atoms with Crippen LogP contribution < -0.4 is 0 Å². The van der Waals surface area contributed by atoms with E-state index in [0.29, 0.717) is 12.1 Å². The van der Waals surface area contributed by atoms with Gasteiger partial charge in [0, 0.05) is 15.8 Å². The highest BCUT2D eigenvalue weighted by atomic mass is 79.9. The smallest absolute Gasteiger partial charge is 0.111 e. The van der Waals surface area contributed by atoms with Gasteiger partial charge in [-0.05, 0) is 27.4 Å². The number of aliphatic hydroxyl groups excluding tert-OH is 1. The van der Waals surface area contributed by atoms with E-state index in [1.807, 2.05) is 11.4 Å². The van der Waals surface area contributed by atoms with Crippen molar-refractivity contribution < 1.29 is 5.11 Å². The summed E-state index contributed by atoms with van der Waals surface area (Å²) >= 11 is 5.02. The largest absolute Gasteiger partial charge is 0.386 e. The predicted octanol–water partition coefficient (Wildman–Crippen LogP) is 1.90. The van der Waals surface area contributed by atoms with Crippen LogP contribution in [0.25, 0.3) is 0 Å². The lowest BCUT2D eigenvalue weighted by Gasteiger charge is -2.05. The molecule has 6 heteroatoms. The summed E-state index contributed by atoms with van der Waals surface area (Å²) in [7, 11) is 0. The first kappa shape index (κ1) is 9.82. The number of nitrogens with one attached hydrogen (secondary N) is 1. The van der Waals surface area contributed by atoms with E-state index in [0.717, 1.165) is 9.35 Å². The Morgan fingerprint density at radius 2 is 2.50 bits per heavy atom. The highest BCUT2D eigenvalue weighted by Crippen LogP contribution is 2.27. The monoisotopic (exact) mass is 273 g/mol. The van der Waals surface area contributed by atoms with Crippen LogP contribution >= 0.6 is 27.3 Å². The first-order chi connectivity index (χ1) is 6.77. The maximum Gasteiger partial charge on any atom is 0.111 e. The number of aromatic amines is 1. The predicted molar refractivity (Wildman–Crippen MR) is 57.1 cm³/mol. The number of aliphatic hydroxyl groups is 1. The Morgan fingerprint density at radius 3 is 3.07 bits per heavy atom. The number of rotatable bonds is 3. The second kappa shape index (κ2) is 4.20. The number of halogens is 1. The van der Waals surface area contributed by atoms with Gasteiger partial charge in [0.1, 0.15) is 11.8 Å². The zero-order chi connectivity index (χ0) is 9.97. The van der Waals surface area contributed by atoms with E-state index in [1.165, 1.54) is 6.20 Å². The Labute approximate surface area is 93.1 Å². The van der Waals surface area contributed by atoms with Crippen molar-refractivity contribution in [2.45, 2.75) is 12.5 Å². The van der Waals surface area contributed by atoms with Crippen LogP contribution in [0.4, 0.5) is 0 Å². The van der Waals surface area contributed by atoms with Crippen molar-refractivity contribution in [2.75, 3.05) is 0 Å². The van der Waals surface area contributed by atoms with Gasteiger partial charge in [-0.2, -0.15) is 15.4 Å². The first-order valence-corrected chi connectivity index (χ1v) is 5.70. The third kappa shape index (κ3) is 2.02. The number of H-pyrrole nitrogens is 1. The molecule has 0 spiro atoms. The average molecular weight is 274 g/mol. The Kier molecular flexibility index (Phi) is 2.95. The zero-order valence-corrected chi connectivity index (χ0v) is 9.55. The molecule has 2 heterocycles. The maximum atomic E-state index is 9.77. The summed E-state index contributed by atoms with van der Waals surface area (Å²) in [4.78, 5) is 1.11. The summed E-state index contributed by atoms with van der Waals surface area (Å²) in [5.41, 5.74) is 0.574. The summed E-state index contributed by atoms with van der Waals surface area (Å²) in [5, 5.41) is 21.7. The minimum atomic E-state index is -0.594. The van der Waals surface area contributed by atoms with Gasteiger partial charge < -0.3 is 5.11 Å². The Balaban J connectivity index is 2.09. The van der Waals surface area contributed by atoms with Crippen molar-refractivity contribution in [3.8, 4) is 0 Å². The number of hydrogen-bond acceptors (Lipinski definition) is 4. The van der Waals surface area contributed by atoms with Crippen LogP contribution in [-0.2, 0) is 6.42 Å². The zero-order valence-electron chi connectivity index (χ0n) is 7.14. The van der Waals surface area contributed by atoms with Gasteiger partial charge in [0.25, 0.3) is 0 Å². The molecule has 0 saturated heterocycles. The molecule has 0 aliphatic carbocycles. The lowest BCUT2D eigenvalue weighted by molar-refractivity contribution is 0.174. The van der Waals surface area contributed by atoms with Crippen molar-refractivity contribution >= 4 is 27.3 Å². The van der Waals surface area contributed by atoms with Crippen LogP contribution in [-0.4, -0.2) is 20.5 Å². The normalized spacial score (nSPS) is 13.0. The van der Waals surface area contributed by atoms with Crippen LogP contribution in [0, 0.1) is 0 Å². The van der Waals surface area contributed by atoms with Crippen molar-refractivity contribution in [1.82, 2.24) is 15.4 Å². The Bertz CT molecular complexity index is 400. The standard InChI is InChI=1S/C8H8BrN3OS/c9-5-1-2-14-8(5)3-7(13)6-4-10-12-11-6/h1-2,4,7,13H,3H2,(H,10,11,12). The third-order valence-electron chi connectivity index (χ3n) is 1.84. The van der Waals surface area contributed by atoms with Crippen LogP contribution in [0.15, 0.2) is 22.1 Å². The van der Waals surface area contributed by atoms with Crippen LogP contribution in [0.5, 0.6) is 0 Å². The molecule has 0 aliphatic heterocycles. The minimum Gasteiger partial charge on any atom is -0.386 e. The summed E-state index contributed by atoms with van der Waals surface area (Å²) in [6.07, 6.45) is 1.50. The van der Waals surface area contributed by atoms with E-state index in [-0.39, 0.29) is 0 Å². The van der Waals surface area contributed by atoms with E-state index in [9.17, 15) is 5.11 Å². The van der Waals surface area contributed by atoms with Crippen molar-refractivity contribution in [3.05, 3.63) is 32.7 Å². The number of thiophene rings is 1. The summed E-state index contributed by atoms with van der Waals surface area (Å²) < 4.78 is 1.03. The lowest BCUT2D eigenvalue weighted by atomic mass is 10.2. The molecule has 1 unspecified atom stereocenters. The molecule has 2 aromatic heterocycles. The first-order valence-electron chi connectivity index (χ1n) is 4.03. The quantitative estimate of drug-likeness (QED) is 0.898. The Hall–Kier alpha value is -0.720. The summed E-state index contributed by atoms with van der Waals surface area (Å²) in [6, 6.07) is 1.97. The van der Waals surface area contributed by atoms with Crippen LogP contribution in [0.1, 0.15) is 16.7 Å². The molecule has 14 heavy (non-hydrogen) atoms. The van der Waals surface area contributed by atoms with Gasteiger partial charge in [-0.1, -0.05) is 0 Å². The highest BCUT2D eigenvalue weighted by molar-refractivity contribution is 9.10. The van der Waals surface area contributed by atoms with E-state index >= 15 is 0 Å². The summed E-state index contributed by atoms with van der Waals surface area (Å²) in [6.45, 7) is 0. The molecule has 0 aliphatic rings. The van der Waals surface area contributed by atoms with Gasteiger partial charge in [-0.15, -0.1) is 11.3 Å². The fourth-order valence-corrected chi connectivity index (χ4v) is 2.67. The number of hydrogen-bond donors (Lipinski definition) is 2. The van der Waals surface area contributed by atoms with E-state index in [1.54, 1.807) is 11.3 Å². The summed E-state index contributed by atoms with van der Waals surface area (Å²) in [5.74, 6) is 0. The van der Waals surface area contributed by atoms with Crippen molar-refractivity contribution in [2.24, 2.45) is 0 Å². The van der Waals surface area contributed by atoms with Gasteiger partial charge >= 0.3 is 0 Å². The molecule has 4 nitrogen and oxygen atoms in total. The fourth-order valence-electron chi connectivity index (χ4n) is 1.12. The van der Waals surface area contributed by atoms with Gasteiger partial charge in [0.2, 0.25) is 0 Å². The lowest BCUT2D eigenvalue weighted by Crippen LogP contribution is -2.01. The topological polar surface area (TPSA) is 61.8 Å². The molecular weight excluding hydrogens is 266 g/mol. The molecule has 2 N–H and O–H groups in total. The fraction of sp³-hybridized carbons (Fsp3) is 0.250. The van der Waals surface area contributed by atoms with Crippen molar-refractivity contribution in [3.63, 3.8) is 0 Å². The van der Waals surface area contributed by atoms with E-state index in [2.05, 4.69) is 31.3 Å². The molecule has 2 rings (SSSR count). The van der Waals surface area contributed by atoms with Gasteiger partial charge in [-0.3, -0.25) is 0 Å². The number of aromatic nitrogens is 3. The molecule has 0 saturated carbocycles. The van der Waals surface area contributed by atoms with Crippen molar-refractivity contribution in [1.29, 1.82) is 0 Å². The molecular formula is C8H8BrN3OS. The molecule has 0 amide bonds. The van der Waals surface area contributed by atoms with Crippen LogP contribution in [0.3, 0.4) is 0 Å². The highest BCUT2D eigenvalue weighted by Gasteiger charge is 2.13. The average Bonchev–Trinajstić information content (AvgIpc) is 2.77. The molecule has 2 aromatic rings. The minimum absolute atomic E-state index is 0.560. The molecule has 74 valence electrons. The molecule has 1 atom stereocenters. The SMILES string of the molecule is OC(Cc1sccc1Br)c1cn[nH]n1. The van der Waals surface area contributed by atoms with E-state index < -0.39 is 6.10 Å². The second-order valence-electron chi connectivity index (χ2n) is 2.81. The van der Waals surface area contributed by atoms with E-state index in [4.69, 9.17) is 0 Å². The second-order valence-corrected chi connectivity index (χ2v) is 4.66. The third-order valence-corrected chi connectivity index (χ3v) is 3.79. The van der Waals surface area contributed by atoms with Gasteiger partial charge in [-0.25, -0.2) is 0 Å². The number of nitrogens with zero attached hydrogens (tertiary/aromatic N) is 2. The molecule has 0 bridgehead atoms. The van der Waals surface area contributed by atoms with Crippen LogP contribution in [0.2, 0.25) is 0 Å². The molecule has 0 fully saturated rings. The maximum absolute atomic E-state index is 9.77. The molecule has 0 radical (unpaired) electrons. The van der Waals surface area contributed by atoms with Gasteiger partial charge in [0.05, 0.1) is 6.20 Å². The molecule has 0 aromatic carbocycles. The Morgan fingerprint density at radius 1 is 1.64 bits per heavy atom. The van der Waals surface area contributed by atoms with Gasteiger partial charge in [0.15, 0.2) is 0 Å².